The van der Waals surface area contributed by atoms with Gasteiger partial charge in [-0.3, -0.25) is 0 Å². The van der Waals surface area contributed by atoms with Gasteiger partial charge in [0.1, 0.15) is 0 Å². The van der Waals surface area contributed by atoms with E-state index in [4.69, 9.17) is 4.43 Å². The maximum atomic E-state index is 5.91. The van der Waals surface area contributed by atoms with Crippen LogP contribution in [-0.4, -0.2) is 16.4 Å². The van der Waals surface area contributed by atoms with Crippen LogP contribution >= 0.6 is 0 Å². The predicted molar refractivity (Wildman–Crippen MR) is 97.6 cm³/mol. The van der Waals surface area contributed by atoms with E-state index in [9.17, 15) is 0 Å². The average molecular weight is 308 g/mol. The lowest BCUT2D eigenvalue weighted by Crippen LogP contribution is -2.19. The third kappa shape index (κ3) is 4.97. The summed E-state index contributed by atoms with van der Waals surface area (Å²) in [7, 11) is 0.423. The van der Waals surface area contributed by atoms with Crippen LogP contribution in [0.5, 0.6) is 0 Å². The van der Waals surface area contributed by atoms with Crippen LogP contribution in [0.3, 0.4) is 0 Å². The molecule has 0 aliphatic rings. The first-order valence-corrected chi connectivity index (χ1v) is 8.83. The van der Waals surface area contributed by atoms with Gasteiger partial charge in [-0.25, -0.2) is 0 Å². The van der Waals surface area contributed by atoms with Gasteiger partial charge in [0, 0.05) is 6.61 Å². The topological polar surface area (TPSA) is 9.23 Å². The van der Waals surface area contributed by atoms with Crippen molar-refractivity contribution in [3.05, 3.63) is 67.8 Å². The SMILES string of the molecule is C=CCC(CC=C)CCCO[Si]c1cccc2ccccc12. The van der Waals surface area contributed by atoms with Crippen LogP contribution in [0.2, 0.25) is 0 Å². The van der Waals surface area contributed by atoms with Crippen molar-refractivity contribution in [2.75, 3.05) is 6.61 Å². The van der Waals surface area contributed by atoms with E-state index in [-0.39, 0.29) is 0 Å². The van der Waals surface area contributed by atoms with Crippen LogP contribution < -0.4 is 5.19 Å². The highest BCUT2D eigenvalue weighted by molar-refractivity contribution is 6.51. The maximum absolute atomic E-state index is 5.91. The van der Waals surface area contributed by atoms with E-state index in [2.05, 4.69) is 55.6 Å². The molecular formula is C20H24OSi. The molecule has 0 bridgehead atoms. The molecule has 0 unspecified atom stereocenters. The quantitative estimate of drug-likeness (QED) is 0.353. The molecular weight excluding hydrogens is 284 g/mol. The Morgan fingerprint density at radius 2 is 1.73 bits per heavy atom. The molecule has 0 heterocycles. The summed E-state index contributed by atoms with van der Waals surface area (Å²) in [6, 6.07) is 14.9. The molecule has 0 N–H and O–H groups in total. The van der Waals surface area contributed by atoms with E-state index in [1.54, 1.807) is 0 Å². The van der Waals surface area contributed by atoms with E-state index >= 15 is 0 Å². The summed E-state index contributed by atoms with van der Waals surface area (Å²) in [4.78, 5) is 0. The molecule has 0 aliphatic heterocycles. The van der Waals surface area contributed by atoms with E-state index in [1.807, 2.05) is 12.2 Å². The molecule has 1 nitrogen and oxygen atoms in total. The normalized spacial score (nSPS) is 11.0. The highest BCUT2D eigenvalue weighted by Crippen LogP contribution is 2.16. The summed E-state index contributed by atoms with van der Waals surface area (Å²) in [5.41, 5.74) is 0. The molecule has 0 aliphatic carbocycles. The second-order valence-corrected chi connectivity index (χ2v) is 6.57. The van der Waals surface area contributed by atoms with Gasteiger partial charge in [-0.2, -0.15) is 0 Å². The number of benzene rings is 2. The molecule has 0 spiro atoms. The molecule has 22 heavy (non-hydrogen) atoms. The Kier molecular flexibility index (Phi) is 7.14. The first-order valence-electron chi connectivity index (χ1n) is 7.92. The second-order valence-electron chi connectivity index (χ2n) is 5.53. The number of fused-ring (bicyclic) bond motifs is 1. The van der Waals surface area contributed by atoms with Crippen LogP contribution in [0, 0.1) is 5.92 Å². The molecule has 0 fully saturated rings. The lowest BCUT2D eigenvalue weighted by atomic mass is 9.96. The molecule has 0 aromatic heterocycles. The number of hydrogen-bond donors (Lipinski definition) is 0. The highest BCUT2D eigenvalue weighted by Gasteiger charge is 2.06. The Hall–Kier alpha value is -1.64. The zero-order valence-electron chi connectivity index (χ0n) is 13.1. The zero-order chi connectivity index (χ0) is 15.6. The lowest BCUT2D eigenvalue weighted by Gasteiger charge is -2.12. The first-order chi connectivity index (χ1) is 10.8. The second kappa shape index (κ2) is 9.39. The number of rotatable bonds is 10. The van der Waals surface area contributed by atoms with Gasteiger partial charge in [0.25, 0.3) is 9.76 Å². The number of allylic oxidation sites excluding steroid dienone is 2. The maximum Gasteiger partial charge on any atom is 0.269 e. The van der Waals surface area contributed by atoms with Crippen molar-refractivity contribution in [3.63, 3.8) is 0 Å². The Bertz CT molecular complexity index is 590. The van der Waals surface area contributed by atoms with Gasteiger partial charge in [0.15, 0.2) is 0 Å². The average Bonchev–Trinajstić information content (AvgIpc) is 2.55. The van der Waals surface area contributed by atoms with E-state index < -0.39 is 0 Å². The zero-order valence-corrected chi connectivity index (χ0v) is 14.1. The summed E-state index contributed by atoms with van der Waals surface area (Å²) in [5.74, 6) is 0.666. The fourth-order valence-electron chi connectivity index (χ4n) is 2.69. The Labute approximate surface area is 136 Å². The van der Waals surface area contributed by atoms with Crippen LogP contribution in [-0.2, 0) is 4.43 Å². The molecule has 114 valence electrons. The van der Waals surface area contributed by atoms with Gasteiger partial charge in [-0.1, -0.05) is 54.6 Å². The minimum atomic E-state index is 0.423. The fraction of sp³-hybridized carbons (Fsp3) is 0.300. The van der Waals surface area contributed by atoms with Crippen molar-refractivity contribution in [1.29, 1.82) is 0 Å². The molecule has 2 rings (SSSR count). The summed E-state index contributed by atoms with van der Waals surface area (Å²) in [6.07, 6.45) is 8.43. The lowest BCUT2D eigenvalue weighted by molar-refractivity contribution is 0.311. The Balaban J connectivity index is 1.78. The van der Waals surface area contributed by atoms with Gasteiger partial charge < -0.3 is 4.43 Å². The van der Waals surface area contributed by atoms with Gasteiger partial charge in [-0.15, -0.1) is 13.2 Å². The summed E-state index contributed by atoms with van der Waals surface area (Å²) >= 11 is 0. The Morgan fingerprint density at radius 1 is 1.00 bits per heavy atom. The van der Waals surface area contributed by atoms with E-state index in [0.29, 0.717) is 15.7 Å². The Morgan fingerprint density at radius 3 is 2.50 bits per heavy atom. The third-order valence-corrected chi connectivity index (χ3v) is 4.83. The van der Waals surface area contributed by atoms with E-state index in [1.165, 1.54) is 22.4 Å². The largest absolute Gasteiger partial charge is 0.411 e. The van der Waals surface area contributed by atoms with E-state index in [0.717, 1.165) is 25.9 Å². The molecule has 0 atom stereocenters. The van der Waals surface area contributed by atoms with Crippen molar-refractivity contribution in [2.24, 2.45) is 5.92 Å². The van der Waals surface area contributed by atoms with Gasteiger partial charge in [-0.05, 0) is 47.6 Å². The summed E-state index contributed by atoms with van der Waals surface area (Å²) < 4.78 is 5.91. The van der Waals surface area contributed by atoms with Crippen LogP contribution in [0.1, 0.15) is 25.7 Å². The van der Waals surface area contributed by atoms with Crippen LogP contribution in [0.15, 0.2) is 67.8 Å². The van der Waals surface area contributed by atoms with Gasteiger partial charge in [0.05, 0.1) is 0 Å². The van der Waals surface area contributed by atoms with Crippen LogP contribution in [0.4, 0.5) is 0 Å². The molecule has 2 aromatic rings. The molecule has 2 heteroatoms. The molecule has 0 amide bonds. The minimum absolute atomic E-state index is 0.423. The van der Waals surface area contributed by atoms with Crippen molar-refractivity contribution < 1.29 is 4.43 Å². The first kappa shape index (κ1) is 16.7. The smallest absolute Gasteiger partial charge is 0.269 e. The molecule has 2 aromatic carbocycles. The van der Waals surface area contributed by atoms with Crippen molar-refractivity contribution >= 4 is 25.7 Å². The summed E-state index contributed by atoms with van der Waals surface area (Å²) in [6.45, 7) is 8.49. The minimum Gasteiger partial charge on any atom is -0.411 e. The predicted octanol–water partition coefficient (Wildman–Crippen LogP) is 4.65. The van der Waals surface area contributed by atoms with Crippen molar-refractivity contribution in [2.45, 2.75) is 25.7 Å². The highest BCUT2D eigenvalue weighted by atomic mass is 28.2. The molecule has 2 radical (unpaired) electrons. The third-order valence-electron chi connectivity index (χ3n) is 3.83. The number of hydrogen-bond acceptors (Lipinski definition) is 1. The summed E-state index contributed by atoms with van der Waals surface area (Å²) in [5, 5.41) is 3.89. The van der Waals surface area contributed by atoms with Gasteiger partial charge in [0.2, 0.25) is 0 Å². The van der Waals surface area contributed by atoms with Crippen LogP contribution in [0.25, 0.3) is 10.8 Å². The fourth-order valence-corrected chi connectivity index (χ4v) is 3.59. The van der Waals surface area contributed by atoms with Crippen molar-refractivity contribution in [1.82, 2.24) is 0 Å². The van der Waals surface area contributed by atoms with Gasteiger partial charge >= 0.3 is 0 Å². The van der Waals surface area contributed by atoms with Crippen molar-refractivity contribution in [3.8, 4) is 0 Å². The molecule has 0 saturated carbocycles. The monoisotopic (exact) mass is 308 g/mol. The standard InChI is InChI=1S/C20H24OSi/c1-3-9-17(10-4-2)11-8-16-21-22-20-15-7-13-18-12-5-6-14-19(18)20/h3-7,12-15,17H,1-2,8-11,16H2. The molecule has 0 saturated heterocycles.